The van der Waals surface area contributed by atoms with Crippen molar-refractivity contribution in [2.75, 3.05) is 32.2 Å². The molecule has 0 saturated heterocycles. The van der Waals surface area contributed by atoms with Crippen molar-refractivity contribution in [1.82, 2.24) is 5.32 Å². The molecule has 0 aliphatic carbocycles. The van der Waals surface area contributed by atoms with E-state index in [1.54, 1.807) is 26.0 Å². The van der Waals surface area contributed by atoms with Gasteiger partial charge in [-0.05, 0) is 31.9 Å². The number of hydrogen-bond acceptors (Lipinski definition) is 6. The van der Waals surface area contributed by atoms with E-state index in [4.69, 9.17) is 9.47 Å². The molecule has 0 atom stereocenters. The maximum atomic E-state index is 12.9. The van der Waals surface area contributed by atoms with Gasteiger partial charge in [0.15, 0.2) is 5.60 Å². The first-order valence-corrected chi connectivity index (χ1v) is 11.5. The molecular formula is C20H25N2O6Si+. The van der Waals surface area contributed by atoms with Crippen LogP contribution in [-0.2, 0) is 14.3 Å². The minimum Gasteiger partial charge on any atom is -0.476 e. The van der Waals surface area contributed by atoms with Crippen LogP contribution >= 0.6 is 0 Å². The van der Waals surface area contributed by atoms with Crippen LogP contribution in [0.1, 0.15) is 29.8 Å². The third-order valence-electron chi connectivity index (χ3n) is 4.16. The predicted octanol–water partition coefficient (Wildman–Crippen LogP) is 1.98. The van der Waals surface area contributed by atoms with Gasteiger partial charge in [-0.3, -0.25) is 4.79 Å². The summed E-state index contributed by atoms with van der Waals surface area (Å²) in [6.45, 7) is 7.76. The molecule has 0 spiro atoms. The molecule has 0 bridgehead atoms. The Morgan fingerprint density at radius 1 is 1.24 bits per heavy atom. The summed E-state index contributed by atoms with van der Waals surface area (Å²) in [5.41, 5.74) is 3.18. The molecule has 1 aliphatic heterocycles. The van der Waals surface area contributed by atoms with Gasteiger partial charge < -0.3 is 24.4 Å². The maximum Gasteiger partial charge on any atom is 0.406 e. The number of hydrogen-bond donors (Lipinski definition) is 1. The molecule has 0 radical (unpaired) electrons. The van der Waals surface area contributed by atoms with Gasteiger partial charge in [0.25, 0.3) is 5.91 Å². The second kappa shape index (κ2) is 9.00. The summed E-state index contributed by atoms with van der Waals surface area (Å²) in [5, 5.41) is 2.54. The standard InChI is InChI=1S/C20H24N2O6Si/c1-20(2)18(24)22(9-8-21-19(25)27-4)15-12-14(17(23)26-3)13(7-10-29(5)6)11-16(15)28-20/h11-12H,8-9H2,1-6H3/p+1. The van der Waals surface area contributed by atoms with Crippen LogP contribution in [0.2, 0.25) is 13.1 Å². The fraction of sp³-hybridized carbons (Fsp3) is 0.450. The number of ether oxygens (including phenoxy) is 3. The zero-order valence-electron chi connectivity index (χ0n) is 17.5. The number of carbonyl (C=O) groups excluding carboxylic acids is 3. The molecule has 154 valence electrons. The van der Waals surface area contributed by atoms with Crippen LogP contribution in [0.4, 0.5) is 10.5 Å². The number of anilines is 1. The highest BCUT2D eigenvalue weighted by molar-refractivity contribution is 6.64. The average molecular weight is 418 g/mol. The SMILES string of the molecule is COC(=O)NCCN1C(=O)C(C)(C)Oc2cc(C#C[Si+](C)C)c(C(=O)OC)cc21. The van der Waals surface area contributed by atoms with Crippen LogP contribution in [0.15, 0.2) is 12.1 Å². The van der Waals surface area contributed by atoms with Crippen molar-refractivity contribution in [2.45, 2.75) is 32.5 Å². The van der Waals surface area contributed by atoms with Gasteiger partial charge in [-0.2, -0.15) is 0 Å². The zero-order chi connectivity index (χ0) is 21.8. The number of alkyl carbamates (subject to hydrolysis) is 1. The van der Waals surface area contributed by atoms with Gasteiger partial charge in [0, 0.05) is 18.7 Å². The Balaban J connectivity index is 2.53. The van der Waals surface area contributed by atoms with E-state index >= 15 is 0 Å². The molecule has 1 heterocycles. The number of nitrogens with one attached hydrogen (secondary N) is 1. The van der Waals surface area contributed by atoms with Gasteiger partial charge >= 0.3 is 20.9 Å². The average Bonchev–Trinajstić information content (AvgIpc) is 2.67. The molecule has 1 N–H and O–H groups in total. The Labute approximate surface area is 172 Å². The highest BCUT2D eigenvalue weighted by atomic mass is 28.3. The van der Waals surface area contributed by atoms with Gasteiger partial charge in [-0.1, -0.05) is 0 Å². The van der Waals surface area contributed by atoms with E-state index in [0.29, 0.717) is 17.0 Å². The van der Waals surface area contributed by atoms with Crippen molar-refractivity contribution in [3.8, 4) is 17.2 Å². The largest absolute Gasteiger partial charge is 0.476 e. The second-order valence-electron chi connectivity index (χ2n) is 7.09. The smallest absolute Gasteiger partial charge is 0.406 e. The maximum absolute atomic E-state index is 12.9. The molecule has 2 amide bonds. The third-order valence-corrected chi connectivity index (χ3v) is 4.78. The number of carbonyl (C=O) groups is 3. The minimum atomic E-state index is -1.11. The Morgan fingerprint density at radius 3 is 2.52 bits per heavy atom. The molecule has 0 saturated carbocycles. The third kappa shape index (κ3) is 5.09. The number of fused-ring (bicyclic) bond motifs is 1. The van der Waals surface area contributed by atoms with Crippen LogP contribution in [0, 0.1) is 11.5 Å². The van der Waals surface area contributed by atoms with Crippen LogP contribution in [0.25, 0.3) is 0 Å². The Morgan fingerprint density at radius 2 is 1.93 bits per heavy atom. The molecular weight excluding hydrogens is 392 g/mol. The number of rotatable bonds is 4. The van der Waals surface area contributed by atoms with Crippen molar-refractivity contribution in [1.29, 1.82) is 0 Å². The first-order valence-electron chi connectivity index (χ1n) is 9.02. The van der Waals surface area contributed by atoms with Gasteiger partial charge in [-0.25, -0.2) is 9.59 Å². The lowest BCUT2D eigenvalue weighted by molar-refractivity contribution is -0.132. The molecule has 8 nitrogen and oxygen atoms in total. The van der Waals surface area contributed by atoms with Crippen molar-refractivity contribution in [3.63, 3.8) is 0 Å². The molecule has 29 heavy (non-hydrogen) atoms. The van der Waals surface area contributed by atoms with E-state index in [1.165, 1.54) is 19.1 Å². The van der Waals surface area contributed by atoms with Crippen LogP contribution in [-0.4, -0.2) is 59.7 Å². The first kappa shape index (κ1) is 22.3. The summed E-state index contributed by atoms with van der Waals surface area (Å²) >= 11 is 0. The van der Waals surface area contributed by atoms with E-state index < -0.39 is 26.5 Å². The lowest BCUT2D eigenvalue weighted by Gasteiger charge is -2.39. The Bertz CT molecular complexity index is 885. The fourth-order valence-corrected chi connectivity index (χ4v) is 3.14. The van der Waals surface area contributed by atoms with Gasteiger partial charge in [0.2, 0.25) is 0 Å². The number of esters is 1. The molecule has 1 aliphatic rings. The molecule has 0 aromatic heterocycles. The first-order chi connectivity index (χ1) is 13.6. The molecule has 1 aromatic rings. The van der Waals surface area contributed by atoms with Gasteiger partial charge in [-0.15, -0.1) is 0 Å². The van der Waals surface area contributed by atoms with Crippen molar-refractivity contribution < 1.29 is 28.6 Å². The normalized spacial score (nSPS) is 14.0. The van der Waals surface area contributed by atoms with E-state index in [2.05, 4.69) is 21.5 Å². The topological polar surface area (TPSA) is 94.2 Å². The summed E-state index contributed by atoms with van der Waals surface area (Å²) in [7, 11) is 1.71. The number of amides is 2. The van der Waals surface area contributed by atoms with E-state index in [-0.39, 0.29) is 24.6 Å². The van der Waals surface area contributed by atoms with Crippen LogP contribution in [0.3, 0.4) is 0 Å². The highest BCUT2D eigenvalue weighted by Crippen LogP contribution is 2.39. The predicted molar refractivity (Wildman–Crippen MR) is 110 cm³/mol. The van der Waals surface area contributed by atoms with Crippen LogP contribution in [0.5, 0.6) is 5.75 Å². The summed E-state index contributed by atoms with van der Waals surface area (Å²) in [6, 6.07) is 3.21. The second-order valence-corrected chi connectivity index (χ2v) is 9.34. The van der Waals surface area contributed by atoms with Crippen molar-refractivity contribution >= 4 is 32.5 Å². The summed E-state index contributed by atoms with van der Waals surface area (Å²) in [4.78, 5) is 38.1. The van der Waals surface area contributed by atoms with Crippen molar-refractivity contribution in [2.24, 2.45) is 0 Å². The van der Waals surface area contributed by atoms with Crippen LogP contribution < -0.4 is 15.0 Å². The lowest BCUT2D eigenvalue weighted by atomic mass is 10.00. The fourth-order valence-electron chi connectivity index (χ4n) is 2.75. The van der Waals surface area contributed by atoms with E-state index in [0.717, 1.165) is 0 Å². The zero-order valence-corrected chi connectivity index (χ0v) is 18.5. The molecule has 0 fully saturated rings. The van der Waals surface area contributed by atoms with E-state index in [1.807, 2.05) is 13.1 Å². The highest BCUT2D eigenvalue weighted by Gasteiger charge is 2.41. The molecule has 2 rings (SSSR count). The number of benzene rings is 1. The van der Waals surface area contributed by atoms with Crippen molar-refractivity contribution in [3.05, 3.63) is 23.3 Å². The van der Waals surface area contributed by atoms with Gasteiger partial charge in [0.1, 0.15) is 5.75 Å². The Kier molecular flexibility index (Phi) is 6.92. The monoisotopic (exact) mass is 417 g/mol. The lowest BCUT2D eigenvalue weighted by Crippen LogP contribution is -2.54. The summed E-state index contributed by atoms with van der Waals surface area (Å²) in [6.07, 6.45) is -0.595. The number of nitrogens with zero attached hydrogens (tertiary/aromatic N) is 1. The van der Waals surface area contributed by atoms with Gasteiger partial charge in [0.05, 0.1) is 44.1 Å². The summed E-state index contributed by atoms with van der Waals surface area (Å²) in [5.74, 6) is 2.62. The minimum absolute atomic E-state index is 0.167. The Hall–Kier alpha value is -2.99. The quantitative estimate of drug-likeness (QED) is 0.457. The molecule has 0 unspecified atom stereocenters. The number of methoxy groups -OCH3 is 2. The van der Waals surface area contributed by atoms with E-state index in [9.17, 15) is 14.4 Å². The molecule has 9 heteroatoms. The molecule has 1 aromatic carbocycles. The summed E-state index contributed by atoms with van der Waals surface area (Å²) < 4.78 is 15.4.